The fourth-order valence-corrected chi connectivity index (χ4v) is 0.899. The second-order valence-corrected chi connectivity index (χ2v) is 2.45. The molecule has 1 aromatic carbocycles. The molecule has 0 aliphatic carbocycles. The summed E-state index contributed by atoms with van der Waals surface area (Å²) < 4.78 is 0. The molecule has 5 nitrogen and oxygen atoms in total. The number of hydrogen-bond acceptors (Lipinski definition) is 3. The second kappa shape index (κ2) is 4.99. The number of rotatable bonds is 2. The molecule has 1 rings (SSSR count). The van der Waals surface area contributed by atoms with E-state index in [2.05, 4.69) is 0 Å². The van der Waals surface area contributed by atoms with Crippen molar-refractivity contribution in [2.24, 2.45) is 0 Å². The van der Waals surface area contributed by atoms with Gasteiger partial charge in [0.1, 0.15) is 0 Å². The number of aromatic carboxylic acids is 2. The fourth-order valence-electron chi connectivity index (χ4n) is 0.899. The molecule has 0 unspecified atom stereocenters. The molecule has 1 aromatic rings. The van der Waals surface area contributed by atoms with Crippen LogP contribution in [-0.4, -0.2) is 51.7 Å². The Morgan fingerprint density at radius 1 is 1.00 bits per heavy atom. The third-order valence-electron chi connectivity index (χ3n) is 1.45. The number of carboxylic acids is 2. The third kappa shape index (κ3) is 3.02. The number of anilines is 1. The molecule has 6 heteroatoms. The van der Waals surface area contributed by atoms with Crippen LogP contribution in [0.3, 0.4) is 0 Å². The van der Waals surface area contributed by atoms with Gasteiger partial charge >= 0.3 is 41.5 Å². The van der Waals surface area contributed by atoms with E-state index in [0.29, 0.717) is 0 Å². The first kappa shape index (κ1) is 13.0. The van der Waals surface area contributed by atoms with Crippen LogP contribution in [0.5, 0.6) is 0 Å². The van der Waals surface area contributed by atoms with Crippen molar-refractivity contribution in [2.75, 3.05) is 5.73 Å². The maximum absolute atomic E-state index is 10.5. The molecule has 0 spiro atoms. The van der Waals surface area contributed by atoms with Gasteiger partial charge in [-0.25, -0.2) is 9.59 Å². The van der Waals surface area contributed by atoms with Crippen LogP contribution in [0.4, 0.5) is 5.69 Å². The van der Waals surface area contributed by atoms with Crippen LogP contribution in [0.15, 0.2) is 18.2 Å². The summed E-state index contributed by atoms with van der Waals surface area (Å²) in [5, 5.41) is 17.1. The first-order chi connectivity index (χ1) is 6.00. The van der Waals surface area contributed by atoms with Crippen molar-refractivity contribution in [1.82, 2.24) is 0 Å². The first-order valence-corrected chi connectivity index (χ1v) is 3.38. The minimum atomic E-state index is -1.20. The van der Waals surface area contributed by atoms with Crippen LogP contribution in [0.25, 0.3) is 0 Å². The molecular weight excluding hydrogens is 197 g/mol. The van der Waals surface area contributed by atoms with E-state index in [-0.39, 0.29) is 46.4 Å². The molecule has 0 fully saturated rings. The molecule has 4 N–H and O–H groups in total. The van der Waals surface area contributed by atoms with Crippen LogP contribution >= 0.6 is 0 Å². The van der Waals surface area contributed by atoms with Gasteiger partial charge in [0.05, 0.1) is 11.1 Å². The van der Waals surface area contributed by atoms with E-state index in [1.54, 1.807) is 0 Å². The molecule has 0 atom stereocenters. The average Bonchev–Trinajstić information content (AvgIpc) is 2.03. The molecule has 14 heavy (non-hydrogen) atoms. The van der Waals surface area contributed by atoms with E-state index in [9.17, 15) is 9.59 Å². The van der Waals surface area contributed by atoms with Crippen molar-refractivity contribution >= 4 is 47.2 Å². The molecule has 0 aliphatic heterocycles. The monoisotopic (exact) mass is 205 g/mol. The maximum atomic E-state index is 10.5. The van der Waals surface area contributed by atoms with Crippen molar-refractivity contribution in [3.05, 3.63) is 29.3 Å². The Morgan fingerprint density at radius 2 is 1.36 bits per heavy atom. The number of carbonyl (C=O) groups is 2. The van der Waals surface area contributed by atoms with Crippen LogP contribution in [0, 0.1) is 0 Å². The van der Waals surface area contributed by atoms with Crippen molar-refractivity contribution in [2.45, 2.75) is 0 Å². The van der Waals surface area contributed by atoms with E-state index in [0.717, 1.165) is 6.07 Å². The van der Waals surface area contributed by atoms with Gasteiger partial charge in [0.25, 0.3) is 0 Å². The number of nitrogens with two attached hydrogens (primary N) is 1. The number of carboxylic acid groups (broad SMARTS) is 2. The molecule has 0 aliphatic rings. The number of hydrogen-bond donors (Lipinski definition) is 3. The second-order valence-electron chi connectivity index (χ2n) is 2.45. The van der Waals surface area contributed by atoms with Gasteiger partial charge in [-0.15, -0.1) is 0 Å². The van der Waals surface area contributed by atoms with Crippen molar-refractivity contribution < 1.29 is 19.8 Å². The summed E-state index contributed by atoms with van der Waals surface area (Å²) in [6, 6.07) is 3.46. The molecule has 70 valence electrons. The molecular formula is C8H8NNaO4. The molecule has 0 amide bonds. The van der Waals surface area contributed by atoms with Gasteiger partial charge in [-0.05, 0) is 18.2 Å². The zero-order valence-corrected chi connectivity index (χ0v) is 6.52. The Hall–Kier alpha value is -1.04. The van der Waals surface area contributed by atoms with Crippen molar-refractivity contribution in [3.8, 4) is 0 Å². The van der Waals surface area contributed by atoms with Crippen LogP contribution in [-0.2, 0) is 0 Å². The summed E-state index contributed by atoms with van der Waals surface area (Å²) >= 11 is 0. The van der Waals surface area contributed by atoms with Crippen LogP contribution in [0.1, 0.15) is 20.7 Å². The first-order valence-electron chi connectivity index (χ1n) is 3.38. The number of nitrogen functional groups attached to an aromatic ring is 1. The summed E-state index contributed by atoms with van der Waals surface area (Å²) in [7, 11) is 0. The Bertz CT molecular complexity index is 345. The van der Waals surface area contributed by atoms with Gasteiger partial charge in [0.2, 0.25) is 0 Å². The SMILES string of the molecule is Nc1cc(C(=O)O)cc(C(=O)O)c1.[NaH]. The van der Waals surface area contributed by atoms with Crippen LogP contribution < -0.4 is 5.73 Å². The minimum absolute atomic E-state index is 0. The normalized spacial score (nSPS) is 8.86. The quantitative estimate of drug-likeness (QED) is 0.466. The van der Waals surface area contributed by atoms with Gasteiger partial charge < -0.3 is 15.9 Å². The van der Waals surface area contributed by atoms with E-state index in [1.807, 2.05) is 0 Å². The molecule has 0 aromatic heterocycles. The van der Waals surface area contributed by atoms with E-state index >= 15 is 0 Å². The van der Waals surface area contributed by atoms with Gasteiger partial charge in [0.15, 0.2) is 0 Å². The topological polar surface area (TPSA) is 101 Å². The Morgan fingerprint density at radius 3 is 1.64 bits per heavy atom. The van der Waals surface area contributed by atoms with Crippen molar-refractivity contribution in [1.29, 1.82) is 0 Å². The molecule has 0 radical (unpaired) electrons. The Kier molecular flexibility index (Phi) is 4.62. The summed E-state index contributed by atoms with van der Waals surface area (Å²) in [5.41, 5.74) is 5.18. The molecule has 0 heterocycles. The van der Waals surface area contributed by atoms with Gasteiger partial charge in [-0.3, -0.25) is 0 Å². The van der Waals surface area contributed by atoms with E-state index < -0.39 is 11.9 Å². The molecule has 0 saturated heterocycles. The Labute approximate surface area is 102 Å². The number of benzene rings is 1. The van der Waals surface area contributed by atoms with E-state index in [1.165, 1.54) is 12.1 Å². The summed E-state index contributed by atoms with van der Waals surface area (Å²) in [6.45, 7) is 0. The summed E-state index contributed by atoms with van der Waals surface area (Å²) in [6.07, 6.45) is 0. The average molecular weight is 205 g/mol. The van der Waals surface area contributed by atoms with Gasteiger partial charge in [-0.2, -0.15) is 0 Å². The third-order valence-corrected chi connectivity index (χ3v) is 1.45. The fraction of sp³-hybridized carbons (Fsp3) is 0. The predicted molar refractivity (Wildman–Crippen MR) is 51.9 cm³/mol. The zero-order chi connectivity index (χ0) is 10.0. The van der Waals surface area contributed by atoms with Gasteiger partial charge in [0, 0.05) is 5.69 Å². The standard InChI is InChI=1S/C8H7NO4.Na.H/c9-6-2-4(7(10)11)1-5(3-6)8(12)13;;/h1-3H,9H2,(H,10,11)(H,12,13);;. The Balaban J connectivity index is 0.00000169. The zero-order valence-electron chi connectivity index (χ0n) is 6.52. The van der Waals surface area contributed by atoms with Crippen molar-refractivity contribution in [3.63, 3.8) is 0 Å². The van der Waals surface area contributed by atoms with Crippen LogP contribution in [0.2, 0.25) is 0 Å². The predicted octanol–water partition coefficient (Wildman–Crippen LogP) is 0.0167. The summed E-state index contributed by atoms with van der Waals surface area (Å²) in [4.78, 5) is 21.0. The molecule has 0 bridgehead atoms. The summed E-state index contributed by atoms with van der Waals surface area (Å²) in [5.74, 6) is -2.40. The van der Waals surface area contributed by atoms with Gasteiger partial charge in [-0.1, -0.05) is 0 Å². The molecule has 0 saturated carbocycles. The van der Waals surface area contributed by atoms with E-state index in [4.69, 9.17) is 15.9 Å².